The van der Waals surface area contributed by atoms with Crippen LogP contribution in [0.3, 0.4) is 0 Å². The first-order valence-electron chi connectivity index (χ1n) is 5.41. The van der Waals surface area contributed by atoms with E-state index in [9.17, 15) is 9.90 Å². The number of aromatic nitrogens is 3. The summed E-state index contributed by atoms with van der Waals surface area (Å²) in [7, 11) is 1.63. The summed E-state index contributed by atoms with van der Waals surface area (Å²) in [6.07, 6.45) is 0.716. The molecule has 1 atom stereocenters. The predicted octanol–water partition coefficient (Wildman–Crippen LogP) is 0.624. The highest BCUT2D eigenvalue weighted by Gasteiger charge is 2.11. The molecule has 1 N–H and O–H groups in total. The van der Waals surface area contributed by atoms with Crippen molar-refractivity contribution < 1.29 is 5.11 Å². The fourth-order valence-corrected chi connectivity index (χ4v) is 1.69. The zero-order valence-corrected chi connectivity index (χ0v) is 9.87. The minimum absolute atomic E-state index is 0.170. The molecule has 0 spiro atoms. The normalized spacial score (nSPS) is 12.6. The van der Waals surface area contributed by atoms with Crippen LogP contribution >= 0.6 is 0 Å². The fourth-order valence-electron chi connectivity index (χ4n) is 1.69. The van der Waals surface area contributed by atoms with Gasteiger partial charge < -0.3 is 5.11 Å². The van der Waals surface area contributed by atoms with Crippen LogP contribution in [-0.4, -0.2) is 19.5 Å². The van der Waals surface area contributed by atoms with Crippen LogP contribution in [0, 0.1) is 6.92 Å². The summed E-state index contributed by atoms with van der Waals surface area (Å²) < 4.78 is 2.63. The molecule has 0 amide bonds. The Kier molecular flexibility index (Phi) is 3.10. The molecule has 0 radical (unpaired) electrons. The number of aliphatic hydroxyl groups is 1. The van der Waals surface area contributed by atoms with E-state index in [1.807, 2.05) is 31.2 Å². The van der Waals surface area contributed by atoms with Crippen LogP contribution in [0.25, 0.3) is 0 Å². The molecular formula is C12H15N3O2. The van der Waals surface area contributed by atoms with Crippen LogP contribution in [0.1, 0.15) is 17.2 Å². The van der Waals surface area contributed by atoms with E-state index in [4.69, 9.17) is 0 Å². The lowest BCUT2D eigenvalue weighted by Gasteiger charge is -2.10. The molecular weight excluding hydrogens is 218 g/mol. The first-order chi connectivity index (χ1) is 8.08. The van der Waals surface area contributed by atoms with E-state index in [1.54, 1.807) is 7.05 Å². The molecule has 90 valence electrons. The Morgan fingerprint density at radius 1 is 1.47 bits per heavy atom. The number of benzene rings is 1. The highest BCUT2D eigenvalue weighted by molar-refractivity contribution is 5.23. The minimum Gasteiger partial charge on any atom is -0.386 e. The second-order valence-electron chi connectivity index (χ2n) is 4.14. The summed E-state index contributed by atoms with van der Waals surface area (Å²) in [5.41, 5.74) is 1.65. The van der Waals surface area contributed by atoms with Gasteiger partial charge in [-0.2, -0.15) is 5.10 Å². The predicted molar refractivity (Wildman–Crippen MR) is 63.6 cm³/mol. The highest BCUT2D eigenvalue weighted by atomic mass is 16.3. The van der Waals surface area contributed by atoms with Gasteiger partial charge in [0.25, 0.3) is 0 Å². The summed E-state index contributed by atoms with van der Waals surface area (Å²) >= 11 is 0. The molecule has 0 aliphatic carbocycles. The van der Waals surface area contributed by atoms with Gasteiger partial charge in [-0.25, -0.2) is 9.48 Å². The van der Waals surface area contributed by atoms with Crippen molar-refractivity contribution in [3.8, 4) is 0 Å². The van der Waals surface area contributed by atoms with Gasteiger partial charge >= 0.3 is 5.69 Å². The summed E-state index contributed by atoms with van der Waals surface area (Å²) in [6.45, 7) is 2.13. The molecule has 1 aromatic heterocycles. The molecule has 1 heterocycles. The molecule has 5 nitrogen and oxygen atoms in total. The number of aryl methyl sites for hydroxylation is 2. The Bertz CT molecular complexity index is 571. The maximum atomic E-state index is 11.6. The molecule has 1 aromatic carbocycles. The molecule has 0 bridgehead atoms. The van der Waals surface area contributed by atoms with Gasteiger partial charge in [0.2, 0.25) is 0 Å². The highest BCUT2D eigenvalue weighted by Crippen LogP contribution is 2.15. The van der Waals surface area contributed by atoms with Crippen LogP contribution in [0.15, 0.2) is 35.4 Å². The van der Waals surface area contributed by atoms with E-state index in [2.05, 4.69) is 5.10 Å². The van der Waals surface area contributed by atoms with Gasteiger partial charge in [0, 0.05) is 7.05 Å². The average Bonchev–Trinajstić information content (AvgIpc) is 2.61. The monoisotopic (exact) mass is 233 g/mol. The van der Waals surface area contributed by atoms with E-state index >= 15 is 0 Å². The van der Waals surface area contributed by atoms with Crippen molar-refractivity contribution in [2.24, 2.45) is 7.05 Å². The lowest BCUT2D eigenvalue weighted by molar-refractivity contribution is 0.149. The number of rotatable bonds is 3. The van der Waals surface area contributed by atoms with Gasteiger partial charge in [-0.1, -0.05) is 29.8 Å². The van der Waals surface area contributed by atoms with Crippen LogP contribution < -0.4 is 5.69 Å². The van der Waals surface area contributed by atoms with Crippen LogP contribution in [0.4, 0.5) is 0 Å². The second-order valence-corrected chi connectivity index (χ2v) is 4.14. The number of aliphatic hydroxyl groups excluding tert-OH is 1. The van der Waals surface area contributed by atoms with Crippen molar-refractivity contribution >= 4 is 0 Å². The fraction of sp³-hybridized carbons (Fsp3) is 0.333. The molecule has 0 saturated heterocycles. The van der Waals surface area contributed by atoms with Crippen LogP contribution in [0.2, 0.25) is 0 Å². The Labute approximate surface area is 98.9 Å². The van der Waals surface area contributed by atoms with Gasteiger partial charge in [0.05, 0.1) is 12.6 Å². The number of hydrogen-bond acceptors (Lipinski definition) is 3. The van der Waals surface area contributed by atoms with Crippen LogP contribution in [-0.2, 0) is 13.6 Å². The largest absolute Gasteiger partial charge is 0.386 e. The van der Waals surface area contributed by atoms with E-state index in [0.29, 0.717) is 0 Å². The van der Waals surface area contributed by atoms with Crippen molar-refractivity contribution in [3.63, 3.8) is 0 Å². The van der Waals surface area contributed by atoms with E-state index in [0.717, 1.165) is 11.1 Å². The molecule has 0 aliphatic rings. The van der Waals surface area contributed by atoms with Gasteiger partial charge in [-0.15, -0.1) is 0 Å². The topological polar surface area (TPSA) is 60.0 Å². The quantitative estimate of drug-likeness (QED) is 0.845. The van der Waals surface area contributed by atoms with Crippen molar-refractivity contribution in [1.82, 2.24) is 14.3 Å². The van der Waals surface area contributed by atoms with E-state index in [1.165, 1.54) is 15.6 Å². The van der Waals surface area contributed by atoms with E-state index < -0.39 is 6.10 Å². The lowest BCUT2D eigenvalue weighted by Crippen LogP contribution is -2.25. The maximum Gasteiger partial charge on any atom is 0.345 e. The third kappa shape index (κ3) is 2.45. The van der Waals surface area contributed by atoms with Crippen molar-refractivity contribution in [1.29, 1.82) is 0 Å². The SMILES string of the molecule is Cc1cccc(C(O)Cn2ncn(C)c2=O)c1. The molecule has 5 heteroatoms. The summed E-state index contributed by atoms with van der Waals surface area (Å²) in [5.74, 6) is 0. The molecule has 17 heavy (non-hydrogen) atoms. The smallest absolute Gasteiger partial charge is 0.345 e. The maximum absolute atomic E-state index is 11.6. The Balaban J connectivity index is 2.20. The minimum atomic E-state index is -0.720. The molecule has 0 saturated carbocycles. The molecule has 2 rings (SSSR count). The van der Waals surface area contributed by atoms with Crippen molar-refractivity contribution in [3.05, 3.63) is 52.2 Å². The van der Waals surface area contributed by atoms with Gasteiger partial charge in [-0.3, -0.25) is 4.57 Å². The summed E-state index contributed by atoms with van der Waals surface area (Å²) in [5, 5.41) is 13.9. The van der Waals surface area contributed by atoms with E-state index in [-0.39, 0.29) is 12.2 Å². The zero-order valence-electron chi connectivity index (χ0n) is 9.87. The van der Waals surface area contributed by atoms with Crippen molar-refractivity contribution in [2.45, 2.75) is 19.6 Å². The lowest BCUT2D eigenvalue weighted by atomic mass is 10.1. The Hall–Kier alpha value is -1.88. The Morgan fingerprint density at radius 2 is 2.24 bits per heavy atom. The van der Waals surface area contributed by atoms with Crippen molar-refractivity contribution in [2.75, 3.05) is 0 Å². The van der Waals surface area contributed by atoms with Gasteiger partial charge in [-0.05, 0) is 12.5 Å². The first-order valence-corrected chi connectivity index (χ1v) is 5.41. The average molecular weight is 233 g/mol. The first kappa shape index (κ1) is 11.6. The standard InChI is InChI=1S/C12H15N3O2/c1-9-4-3-5-10(6-9)11(16)7-15-12(17)14(2)8-13-15/h3-6,8,11,16H,7H2,1-2H3. The number of nitrogens with zero attached hydrogens (tertiary/aromatic N) is 3. The van der Waals surface area contributed by atoms with Gasteiger partial charge in [0.1, 0.15) is 6.33 Å². The summed E-state index contributed by atoms with van der Waals surface area (Å²) in [4.78, 5) is 11.6. The molecule has 1 unspecified atom stereocenters. The molecule has 0 fully saturated rings. The third-order valence-corrected chi connectivity index (χ3v) is 2.66. The van der Waals surface area contributed by atoms with Crippen LogP contribution in [0.5, 0.6) is 0 Å². The summed E-state index contributed by atoms with van der Waals surface area (Å²) in [6, 6.07) is 7.59. The Morgan fingerprint density at radius 3 is 2.82 bits per heavy atom. The van der Waals surface area contributed by atoms with Gasteiger partial charge in [0.15, 0.2) is 0 Å². The molecule has 2 aromatic rings. The third-order valence-electron chi connectivity index (χ3n) is 2.66. The zero-order chi connectivity index (χ0) is 12.4. The molecule has 0 aliphatic heterocycles. The number of hydrogen-bond donors (Lipinski definition) is 1. The second kappa shape index (κ2) is 4.55.